The van der Waals surface area contributed by atoms with Gasteiger partial charge in [0.15, 0.2) is 0 Å². The molecule has 0 aromatic rings. The van der Waals surface area contributed by atoms with E-state index < -0.39 is 36.4 Å². The predicted molar refractivity (Wildman–Crippen MR) is 62.9 cm³/mol. The number of nitrogens with two attached hydrogens (primary N) is 2. The SMILES string of the molecule is CCC(C)C(N)C(=O)O.NC(CC(=O)O)C(=O)O. The fourth-order valence-electron chi connectivity index (χ4n) is 0.773. The quantitative estimate of drug-likeness (QED) is 0.421. The van der Waals surface area contributed by atoms with E-state index in [0.29, 0.717) is 0 Å². The topological polar surface area (TPSA) is 164 Å². The molecule has 0 rings (SSSR count). The first-order valence-corrected chi connectivity index (χ1v) is 5.32. The summed E-state index contributed by atoms with van der Waals surface area (Å²) in [5.41, 5.74) is 10.1. The summed E-state index contributed by atoms with van der Waals surface area (Å²) in [5.74, 6) is -3.34. The molecule has 0 aromatic carbocycles. The number of carboxylic acids is 3. The molecule has 7 N–H and O–H groups in total. The average molecular weight is 264 g/mol. The van der Waals surface area contributed by atoms with Crippen LogP contribution in [0.5, 0.6) is 0 Å². The normalized spacial score (nSPS) is 14.7. The van der Waals surface area contributed by atoms with Gasteiger partial charge in [-0.15, -0.1) is 0 Å². The predicted octanol–water partition coefficient (Wildman–Crippen LogP) is -0.683. The molecule has 0 aliphatic rings. The Bertz CT molecular complexity index is 294. The molecule has 3 atom stereocenters. The maximum Gasteiger partial charge on any atom is 0.321 e. The van der Waals surface area contributed by atoms with Gasteiger partial charge in [-0.25, -0.2) is 0 Å². The van der Waals surface area contributed by atoms with Crippen LogP contribution < -0.4 is 11.5 Å². The van der Waals surface area contributed by atoms with Crippen LogP contribution in [0.4, 0.5) is 0 Å². The van der Waals surface area contributed by atoms with E-state index in [-0.39, 0.29) is 5.92 Å². The zero-order valence-electron chi connectivity index (χ0n) is 10.4. The molecular weight excluding hydrogens is 244 g/mol. The molecule has 0 spiro atoms. The molecule has 0 aliphatic heterocycles. The van der Waals surface area contributed by atoms with Gasteiger partial charge >= 0.3 is 17.9 Å². The second-order valence-corrected chi connectivity index (χ2v) is 3.79. The van der Waals surface area contributed by atoms with Gasteiger partial charge in [-0.3, -0.25) is 14.4 Å². The summed E-state index contributed by atoms with van der Waals surface area (Å²) in [7, 11) is 0. The molecule has 0 fully saturated rings. The van der Waals surface area contributed by atoms with Crippen LogP contribution in [0.3, 0.4) is 0 Å². The monoisotopic (exact) mass is 264 g/mol. The lowest BCUT2D eigenvalue weighted by Crippen LogP contribution is -2.36. The average Bonchev–Trinajstić information content (AvgIpc) is 2.26. The van der Waals surface area contributed by atoms with Crippen LogP contribution in [0.25, 0.3) is 0 Å². The minimum absolute atomic E-state index is 0.0718. The molecule has 0 heterocycles. The largest absolute Gasteiger partial charge is 0.481 e. The maximum atomic E-state index is 10.2. The smallest absolute Gasteiger partial charge is 0.321 e. The van der Waals surface area contributed by atoms with Gasteiger partial charge in [0.05, 0.1) is 6.42 Å². The summed E-state index contributed by atoms with van der Waals surface area (Å²) in [6.07, 6.45) is 0.281. The van der Waals surface area contributed by atoms with Gasteiger partial charge in [-0.2, -0.15) is 0 Å². The summed E-state index contributed by atoms with van der Waals surface area (Å²) in [6.45, 7) is 3.76. The number of rotatable bonds is 6. The molecule has 0 aliphatic carbocycles. The van der Waals surface area contributed by atoms with Crippen molar-refractivity contribution in [3.63, 3.8) is 0 Å². The standard InChI is InChI=1S/C6H13NO2.C4H7NO4/c1-3-4(2)5(7)6(8)9;5-2(4(8)9)1-3(6)7/h4-5H,3,7H2,1-2H3,(H,8,9);2H,1,5H2,(H,6,7)(H,8,9). The van der Waals surface area contributed by atoms with Crippen molar-refractivity contribution in [3.05, 3.63) is 0 Å². The molecule has 0 aromatic heterocycles. The highest BCUT2D eigenvalue weighted by Crippen LogP contribution is 2.04. The number of aliphatic carboxylic acids is 3. The highest BCUT2D eigenvalue weighted by atomic mass is 16.4. The van der Waals surface area contributed by atoms with Crippen molar-refractivity contribution in [2.24, 2.45) is 17.4 Å². The Morgan fingerprint density at radius 2 is 1.50 bits per heavy atom. The first-order chi connectivity index (χ1) is 8.13. The summed E-state index contributed by atoms with van der Waals surface area (Å²) in [6, 6.07) is -1.99. The molecule has 18 heavy (non-hydrogen) atoms. The van der Waals surface area contributed by atoms with Crippen molar-refractivity contribution in [3.8, 4) is 0 Å². The molecule has 0 bridgehead atoms. The zero-order chi connectivity index (χ0) is 14.9. The maximum absolute atomic E-state index is 10.2. The number of hydrogen-bond donors (Lipinski definition) is 5. The first-order valence-electron chi connectivity index (χ1n) is 5.32. The Balaban J connectivity index is 0. The molecule has 3 unspecified atom stereocenters. The van der Waals surface area contributed by atoms with Crippen molar-refractivity contribution in [2.75, 3.05) is 0 Å². The summed E-state index contributed by atoms with van der Waals surface area (Å²) >= 11 is 0. The third-order valence-corrected chi connectivity index (χ3v) is 2.25. The van der Waals surface area contributed by atoms with E-state index in [4.69, 9.17) is 26.8 Å². The Labute approximate surface area is 105 Å². The van der Waals surface area contributed by atoms with E-state index in [2.05, 4.69) is 0 Å². The van der Waals surface area contributed by atoms with Crippen molar-refractivity contribution in [2.45, 2.75) is 38.8 Å². The summed E-state index contributed by atoms with van der Waals surface area (Å²) in [5, 5.41) is 24.4. The van der Waals surface area contributed by atoms with Crippen LogP contribution in [0, 0.1) is 5.92 Å². The second kappa shape index (κ2) is 9.37. The Kier molecular flexibility index (Phi) is 9.73. The fourth-order valence-corrected chi connectivity index (χ4v) is 0.773. The van der Waals surface area contributed by atoms with E-state index in [0.717, 1.165) is 6.42 Å². The molecule has 0 amide bonds. The molecule has 0 saturated carbocycles. The Morgan fingerprint density at radius 3 is 1.61 bits per heavy atom. The lowest BCUT2D eigenvalue weighted by molar-refractivity contribution is -0.144. The third kappa shape index (κ3) is 9.55. The lowest BCUT2D eigenvalue weighted by atomic mass is 10.0. The van der Waals surface area contributed by atoms with Gasteiger partial charge in [0.1, 0.15) is 12.1 Å². The van der Waals surface area contributed by atoms with E-state index >= 15 is 0 Å². The van der Waals surface area contributed by atoms with E-state index in [9.17, 15) is 14.4 Å². The van der Waals surface area contributed by atoms with E-state index in [1.54, 1.807) is 0 Å². The summed E-state index contributed by atoms with van der Waals surface area (Å²) < 4.78 is 0. The van der Waals surface area contributed by atoms with Crippen molar-refractivity contribution in [1.82, 2.24) is 0 Å². The molecule has 0 radical (unpaired) electrons. The number of carboxylic acid groups (broad SMARTS) is 3. The van der Waals surface area contributed by atoms with Crippen LogP contribution in [-0.4, -0.2) is 45.3 Å². The highest BCUT2D eigenvalue weighted by molar-refractivity contribution is 5.80. The van der Waals surface area contributed by atoms with Crippen LogP contribution in [0.1, 0.15) is 26.7 Å². The van der Waals surface area contributed by atoms with Crippen molar-refractivity contribution >= 4 is 17.9 Å². The highest BCUT2D eigenvalue weighted by Gasteiger charge is 2.17. The second-order valence-electron chi connectivity index (χ2n) is 3.79. The van der Waals surface area contributed by atoms with Crippen molar-refractivity contribution in [1.29, 1.82) is 0 Å². The Morgan fingerprint density at radius 1 is 1.06 bits per heavy atom. The van der Waals surface area contributed by atoms with Gasteiger partial charge in [-0.1, -0.05) is 20.3 Å². The van der Waals surface area contributed by atoms with Crippen LogP contribution >= 0.6 is 0 Å². The zero-order valence-corrected chi connectivity index (χ0v) is 10.4. The van der Waals surface area contributed by atoms with E-state index in [1.807, 2.05) is 13.8 Å². The molecule has 106 valence electrons. The van der Waals surface area contributed by atoms with Gasteiger partial charge in [0, 0.05) is 0 Å². The van der Waals surface area contributed by atoms with Crippen LogP contribution in [0.15, 0.2) is 0 Å². The van der Waals surface area contributed by atoms with Crippen LogP contribution in [0.2, 0.25) is 0 Å². The van der Waals surface area contributed by atoms with Gasteiger partial charge in [-0.05, 0) is 5.92 Å². The first kappa shape index (κ1) is 18.7. The van der Waals surface area contributed by atoms with Gasteiger partial charge in [0.25, 0.3) is 0 Å². The van der Waals surface area contributed by atoms with Crippen LogP contribution in [-0.2, 0) is 14.4 Å². The Hall–Kier alpha value is -1.67. The minimum Gasteiger partial charge on any atom is -0.481 e. The molecule has 8 nitrogen and oxygen atoms in total. The van der Waals surface area contributed by atoms with Crippen molar-refractivity contribution < 1.29 is 29.7 Å². The molecule has 8 heteroatoms. The van der Waals surface area contributed by atoms with Gasteiger partial charge < -0.3 is 26.8 Å². The summed E-state index contributed by atoms with van der Waals surface area (Å²) in [4.78, 5) is 29.8. The fraction of sp³-hybridized carbons (Fsp3) is 0.700. The number of carbonyl (C=O) groups is 3. The van der Waals surface area contributed by atoms with E-state index in [1.165, 1.54) is 0 Å². The minimum atomic E-state index is -1.29. The molecular formula is C10H20N2O6. The number of hydrogen-bond acceptors (Lipinski definition) is 5. The lowest BCUT2D eigenvalue weighted by Gasteiger charge is -2.11. The molecule has 0 saturated heterocycles. The third-order valence-electron chi connectivity index (χ3n) is 2.25. The van der Waals surface area contributed by atoms with Gasteiger partial charge in [0.2, 0.25) is 0 Å².